The molecule has 2 aromatic carbocycles. The number of methoxy groups -OCH3 is 1. The summed E-state index contributed by atoms with van der Waals surface area (Å²) in [5.74, 6) is -0.586. The van der Waals surface area contributed by atoms with E-state index in [4.69, 9.17) is 9.47 Å². The SMILES string of the molecule is COc1ccccc1C(=O)O[C@@H](C)C(=O)Nc1cccc(C)c1. The number of benzene rings is 2. The Labute approximate surface area is 135 Å². The molecule has 0 saturated heterocycles. The van der Waals surface area contributed by atoms with Gasteiger partial charge in [0.15, 0.2) is 6.10 Å². The summed E-state index contributed by atoms with van der Waals surface area (Å²) in [7, 11) is 1.47. The lowest BCUT2D eigenvalue weighted by atomic mass is 10.2. The number of hydrogen-bond acceptors (Lipinski definition) is 4. The minimum absolute atomic E-state index is 0.283. The van der Waals surface area contributed by atoms with Gasteiger partial charge in [0.25, 0.3) is 5.91 Å². The lowest BCUT2D eigenvalue weighted by Gasteiger charge is -2.15. The highest BCUT2D eigenvalue weighted by molar-refractivity contribution is 5.98. The van der Waals surface area contributed by atoms with Crippen LogP contribution in [-0.4, -0.2) is 25.1 Å². The van der Waals surface area contributed by atoms with Crippen LogP contribution in [0.4, 0.5) is 5.69 Å². The maximum absolute atomic E-state index is 12.2. The molecule has 0 aliphatic carbocycles. The second-order valence-electron chi connectivity index (χ2n) is 5.11. The van der Waals surface area contributed by atoms with Gasteiger partial charge in [0, 0.05) is 5.69 Å². The Bertz CT molecular complexity index is 712. The number of rotatable bonds is 5. The number of anilines is 1. The van der Waals surface area contributed by atoms with Gasteiger partial charge in [-0.25, -0.2) is 4.79 Å². The quantitative estimate of drug-likeness (QED) is 0.861. The molecule has 2 aromatic rings. The summed E-state index contributed by atoms with van der Waals surface area (Å²) < 4.78 is 10.3. The molecule has 0 unspecified atom stereocenters. The number of ether oxygens (including phenoxy) is 2. The number of carbonyl (C=O) groups is 2. The van der Waals surface area contributed by atoms with Crippen molar-refractivity contribution in [2.75, 3.05) is 12.4 Å². The molecule has 0 spiro atoms. The van der Waals surface area contributed by atoms with E-state index in [1.165, 1.54) is 14.0 Å². The van der Waals surface area contributed by atoms with Gasteiger partial charge < -0.3 is 14.8 Å². The van der Waals surface area contributed by atoms with Gasteiger partial charge in [-0.3, -0.25) is 4.79 Å². The van der Waals surface area contributed by atoms with Crippen molar-refractivity contribution in [2.24, 2.45) is 0 Å². The maximum Gasteiger partial charge on any atom is 0.342 e. The first-order valence-electron chi connectivity index (χ1n) is 7.23. The third-order valence-corrected chi connectivity index (χ3v) is 3.27. The van der Waals surface area contributed by atoms with Gasteiger partial charge in [0.1, 0.15) is 11.3 Å². The van der Waals surface area contributed by atoms with Crippen LogP contribution in [0, 0.1) is 6.92 Å². The average Bonchev–Trinajstić information content (AvgIpc) is 2.54. The zero-order valence-electron chi connectivity index (χ0n) is 13.3. The Kier molecular flexibility index (Phi) is 5.36. The molecule has 0 aliphatic rings. The zero-order valence-corrected chi connectivity index (χ0v) is 13.3. The van der Waals surface area contributed by atoms with E-state index >= 15 is 0 Å². The normalized spacial score (nSPS) is 11.4. The maximum atomic E-state index is 12.2. The number of esters is 1. The molecular formula is C18H19NO4. The summed E-state index contributed by atoms with van der Waals surface area (Å²) >= 11 is 0. The molecule has 0 radical (unpaired) electrons. The van der Waals surface area contributed by atoms with Crippen LogP contribution in [0.15, 0.2) is 48.5 Å². The Balaban J connectivity index is 2.01. The van der Waals surface area contributed by atoms with Gasteiger partial charge in [-0.15, -0.1) is 0 Å². The van der Waals surface area contributed by atoms with Crippen molar-refractivity contribution in [1.29, 1.82) is 0 Å². The van der Waals surface area contributed by atoms with Crippen molar-refractivity contribution < 1.29 is 19.1 Å². The molecule has 23 heavy (non-hydrogen) atoms. The lowest BCUT2D eigenvalue weighted by molar-refractivity contribution is -0.123. The smallest absolute Gasteiger partial charge is 0.342 e. The number of amides is 1. The summed E-state index contributed by atoms with van der Waals surface area (Å²) in [6, 6.07) is 14.1. The molecule has 1 amide bonds. The van der Waals surface area contributed by atoms with E-state index in [2.05, 4.69) is 5.32 Å². The molecule has 0 fully saturated rings. The largest absolute Gasteiger partial charge is 0.496 e. The van der Waals surface area contributed by atoms with Crippen LogP contribution in [0.3, 0.4) is 0 Å². The van der Waals surface area contributed by atoms with Crippen molar-refractivity contribution in [3.05, 3.63) is 59.7 Å². The highest BCUT2D eigenvalue weighted by Crippen LogP contribution is 2.19. The van der Waals surface area contributed by atoms with Crippen LogP contribution in [0.1, 0.15) is 22.8 Å². The third kappa shape index (κ3) is 4.32. The molecule has 5 nitrogen and oxygen atoms in total. The van der Waals surface area contributed by atoms with Gasteiger partial charge in [-0.2, -0.15) is 0 Å². The predicted molar refractivity (Wildman–Crippen MR) is 87.7 cm³/mol. The summed E-state index contributed by atoms with van der Waals surface area (Å²) in [5.41, 5.74) is 1.97. The van der Waals surface area contributed by atoms with Crippen LogP contribution < -0.4 is 10.1 Å². The van der Waals surface area contributed by atoms with Crippen LogP contribution in [0.2, 0.25) is 0 Å². The number of para-hydroxylation sites is 1. The lowest BCUT2D eigenvalue weighted by Crippen LogP contribution is -2.30. The number of nitrogens with one attached hydrogen (secondary N) is 1. The standard InChI is InChI=1S/C18H19NO4/c1-12-7-6-8-14(11-12)19-17(20)13(2)23-18(21)15-9-4-5-10-16(15)22-3/h4-11,13H,1-3H3,(H,19,20)/t13-/m0/s1. The number of carbonyl (C=O) groups excluding carboxylic acids is 2. The second-order valence-corrected chi connectivity index (χ2v) is 5.11. The van der Waals surface area contributed by atoms with Gasteiger partial charge in [0.2, 0.25) is 0 Å². The van der Waals surface area contributed by atoms with Gasteiger partial charge >= 0.3 is 5.97 Å². The van der Waals surface area contributed by atoms with Crippen molar-refractivity contribution in [3.8, 4) is 5.75 Å². The molecule has 0 heterocycles. The van der Waals surface area contributed by atoms with E-state index in [1.807, 2.05) is 25.1 Å². The molecule has 0 aliphatic heterocycles. The summed E-state index contributed by atoms with van der Waals surface area (Å²) in [6.07, 6.45) is -0.923. The Morgan fingerprint density at radius 1 is 1.09 bits per heavy atom. The molecule has 120 valence electrons. The third-order valence-electron chi connectivity index (χ3n) is 3.27. The Hall–Kier alpha value is -2.82. The molecule has 0 bridgehead atoms. The topological polar surface area (TPSA) is 64.6 Å². The van der Waals surface area contributed by atoms with Crippen molar-refractivity contribution in [3.63, 3.8) is 0 Å². The Morgan fingerprint density at radius 2 is 1.83 bits per heavy atom. The molecular weight excluding hydrogens is 294 g/mol. The van der Waals surface area contributed by atoms with Crippen LogP contribution in [-0.2, 0) is 9.53 Å². The average molecular weight is 313 g/mol. The van der Waals surface area contributed by atoms with E-state index in [0.29, 0.717) is 11.4 Å². The van der Waals surface area contributed by atoms with E-state index in [0.717, 1.165) is 5.56 Å². The van der Waals surface area contributed by atoms with E-state index in [1.54, 1.807) is 30.3 Å². The van der Waals surface area contributed by atoms with E-state index in [-0.39, 0.29) is 11.5 Å². The fourth-order valence-corrected chi connectivity index (χ4v) is 2.06. The molecule has 1 N–H and O–H groups in total. The van der Waals surface area contributed by atoms with Gasteiger partial charge in [0.05, 0.1) is 7.11 Å². The molecule has 2 rings (SSSR count). The first-order chi connectivity index (χ1) is 11.0. The predicted octanol–water partition coefficient (Wildman–Crippen LogP) is 3.19. The highest BCUT2D eigenvalue weighted by atomic mass is 16.5. The highest BCUT2D eigenvalue weighted by Gasteiger charge is 2.21. The van der Waals surface area contributed by atoms with E-state index < -0.39 is 12.1 Å². The molecule has 1 atom stereocenters. The molecule has 0 aromatic heterocycles. The van der Waals surface area contributed by atoms with Crippen LogP contribution >= 0.6 is 0 Å². The van der Waals surface area contributed by atoms with E-state index in [9.17, 15) is 9.59 Å². The van der Waals surface area contributed by atoms with Crippen LogP contribution in [0.25, 0.3) is 0 Å². The number of aryl methyl sites for hydroxylation is 1. The molecule has 0 saturated carbocycles. The number of hydrogen-bond donors (Lipinski definition) is 1. The summed E-state index contributed by atoms with van der Waals surface area (Å²) in [4.78, 5) is 24.3. The van der Waals surface area contributed by atoms with Crippen molar-refractivity contribution in [2.45, 2.75) is 20.0 Å². The van der Waals surface area contributed by atoms with Crippen LogP contribution in [0.5, 0.6) is 5.75 Å². The Morgan fingerprint density at radius 3 is 2.52 bits per heavy atom. The first kappa shape index (κ1) is 16.5. The zero-order chi connectivity index (χ0) is 16.8. The fourth-order valence-electron chi connectivity index (χ4n) is 2.06. The minimum Gasteiger partial charge on any atom is -0.496 e. The molecule has 5 heteroatoms. The van der Waals surface area contributed by atoms with Crippen molar-refractivity contribution >= 4 is 17.6 Å². The first-order valence-corrected chi connectivity index (χ1v) is 7.23. The summed E-state index contributed by atoms with van der Waals surface area (Å²) in [5, 5.41) is 2.72. The van der Waals surface area contributed by atoms with Gasteiger partial charge in [-0.1, -0.05) is 24.3 Å². The monoisotopic (exact) mass is 313 g/mol. The summed E-state index contributed by atoms with van der Waals surface area (Å²) in [6.45, 7) is 3.46. The second kappa shape index (κ2) is 7.45. The van der Waals surface area contributed by atoms with Gasteiger partial charge in [-0.05, 0) is 43.7 Å². The van der Waals surface area contributed by atoms with Crippen molar-refractivity contribution in [1.82, 2.24) is 0 Å². The fraction of sp³-hybridized carbons (Fsp3) is 0.222. The minimum atomic E-state index is -0.923.